The van der Waals surface area contributed by atoms with Crippen molar-refractivity contribution in [2.45, 2.75) is 41.6 Å². The van der Waals surface area contributed by atoms with Crippen LogP contribution < -0.4 is 15.8 Å². The molecule has 0 fully saturated rings. The number of ether oxygens (including phenoxy) is 2. The van der Waals surface area contributed by atoms with E-state index >= 15 is 0 Å². The molecule has 1 aliphatic carbocycles. The molecule has 0 radical (unpaired) electrons. The van der Waals surface area contributed by atoms with E-state index in [1.54, 1.807) is 24.3 Å². The minimum Gasteiger partial charge on any atom is -0.490 e. The average Bonchev–Trinajstić information content (AvgIpc) is 3.02. The molecule has 0 saturated heterocycles. The largest absolute Gasteiger partial charge is 0.490 e. The summed E-state index contributed by atoms with van der Waals surface area (Å²) in [6, 6.07) is 13.0. The van der Waals surface area contributed by atoms with Crippen LogP contribution in [0.4, 0.5) is 5.69 Å². The van der Waals surface area contributed by atoms with Gasteiger partial charge < -0.3 is 20.5 Å². The molecule has 3 N–H and O–H groups in total. The van der Waals surface area contributed by atoms with Gasteiger partial charge in [-0.25, -0.2) is 8.42 Å². The second-order valence-electron chi connectivity index (χ2n) is 9.09. The summed E-state index contributed by atoms with van der Waals surface area (Å²) in [7, 11) is -2.07. The minimum absolute atomic E-state index is 0.140. The zero-order valence-corrected chi connectivity index (χ0v) is 20.3. The van der Waals surface area contributed by atoms with Gasteiger partial charge in [0, 0.05) is 19.2 Å². The lowest BCUT2D eigenvalue weighted by atomic mass is 9.70. The third-order valence-electron chi connectivity index (χ3n) is 7.10. The van der Waals surface area contributed by atoms with Gasteiger partial charge in [-0.1, -0.05) is 30.3 Å². The number of hydrogen-bond acceptors (Lipinski definition) is 6. The van der Waals surface area contributed by atoms with Crippen molar-refractivity contribution in [3.05, 3.63) is 71.8 Å². The van der Waals surface area contributed by atoms with Crippen LogP contribution in [0.15, 0.2) is 55.1 Å². The molecular formula is C26H32N2O5S. The van der Waals surface area contributed by atoms with Crippen molar-refractivity contribution < 1.29 is 22.7 Å². The smallest absolute Gasteiger partial charge is 0.248 e. The second-order valence-corrected chi connectivity index (χ2v) is 11.5. The number of amides is 1. The molecule has 0 saturated carbocycles. The summed E-state index contributed by atoms with van der Waals surface area (Å²) in [4.78, 5) is 11.7. The Morgan fingerprint density at radius 3 is 2.88 bits per heavy atom. The number of benzene rings is 2. The number of primary amides is 1. The van der Waals surface area contributed by atoms with Gasteiger partial charge in [0.1, 0.15) is 12.4 Å². The summed E-state index contributed by atoms with van der Waals surface area (Å²) in [5.41, 5.74) is 7.78. The van der Waals surface area contributed by atoms with Gasteiger partial charge in [-0.3, -0.25) is 4.79 Å². The third-order valence-corrected chi connectivity index (χ3v) is 9.88. The van der Waals surface area contributed by atoms with E-state index in [4.69, 9.17) is 15.2 Å². The number of aryl methyl sites for hydroxylation is 1. The standard InChI is InChI=1S/C26H32N2O5S/c1-3-4-8-20(15-32-2)34(30,31)24-13-11-18-7-5-6-9-21(18)26(24)16-28-22-14-19(25(27)29)10-12-23(22)33-17-26/h3,5-7,9-10,12,14,20,24,28H,1,4,8,11,13,15-17H2,2H3,(H2,27,29)/t20-,24?,26?/m0/s1. The molecule has 1 heterocycles. The quantitative estimate of drug-likeness (QED) is 0.557. The number of nitrogens with one attached hydrogen (secondary N) is 1. The third kappa shape index (κ3) is 4.32. The van der Waals surface area contributed by atoms with Crippen molar-refractivity contribution in [1.29, 1.82) is 0 Å². The number of fused-ring (bicyclic) bond motifs is 3. The second kappa shape index (κ2) is 9.80. The summed E-state index contributed by atoms with van der Waals surface area (Å²) in [5.74, 6) is 0.0397. The molecule has 0 aromatic heterocycles. The first kappa shape index (κ1) is 24.3. The van der Waals surface area contributed by atoms with Crippen molar-refractivity contribution in [2.24, 2.45) is 5.73 Å². The zero-order valence-electron chi connectivity index (χ0n) is 19.5. The maximum absolute atomic E-state index is 14.1. The molecule has 34 heavy (non-hydrogen) atoms. The highest BCUT2D eigenvalue weighted by atomic mass is 32.2. The molecule has 1 amide bonds. The van der Waals surface area contributed by atoms with Gasteiger partial charge in [0.2, 0.25) is 5.91 Å². The Kier molecular flexibility index (Phi) is 7.00. The van der Waals surface area contributed by atoms with E-state index in [1.165, 1.54) is 7.11 Å². The number of nitrogens with two attached hydrogens (primary N) is 1. The van der Waals surface area contributed by atoms with Crippen molar-refractivity contribution in [2.75, 3.05) is 32.2 Å². The van der Waals surface area contributed by atoms with Crippen LogP contribution in [0.5, 0.6) is 5.75 Å². The predicted octanol–water partition coefficient (Wildman–Crippen LogP) is 3.24. The molecule has 2 unspecified atom stereocenters. The lowest BCUT2D eigenvalue weighted by Gasteiger charge is -2.45. The molecule has 2 aromatic rings. The van der Waals surface area contributed by atoms with Gasteiger partial charge in [0.05, 0.1) is 28.2 Å². The van der Waals surface area contributed by atoms with Crippen molar-refractivity contribution >= 4 is 21.4 Å². The molecule has 3 atom stereocenters. The average molecular weight is 485 g/mol. The van der Waals surface area contributed by atoms with E-state index in [0.717, 1.165) is 11.1 Å². The fourth-order valence-electron chi connectivity index (χ4n) is 5.34. The van der Waals surface area contributed by atoms with Gasteiger partial charge in [0.25, 0.3) is 0 Å². The van der Waals surface area contributed by atoms with Crippen LogP contribution in [-0.4, -0.2) is 51.7 Å². The van der Waals surface area contributed by atoms with Crippen LogP contribution in [0, 0.1) is 0 Å². The topological polar surface area (TPSA) is 108 Å². The Hall–Kier alpha value is -2.84. The number of allylic oxidation sites excluding steroid dienone is 1. The van der Waals surface area contributed by atoms with E-state index in [1.807, 2.05) is 18.2 Å². The van der Waals surface area contributed by atoms with E-state index in [0.29, 0.717) is 49.2 Å². The Bertz CT molecular complexity index is 1180. The summed E-state index contributed by atoms with van der Waals surface area (Å²) in [5, 5.41) is 2.11. The van der Waals surface area contributed by atoms with Crippen molar-refractivity contribution in [3.63, 3.8) is 0 Å². The van der Waals surface area contributed by atoms with Crippen LogP contribution in [0.25, 0.3) is 0 Å². The number of carbonyl (C=O) groups is 1. The van der Waals surface area contributed by atoms with Crippen LogP contribution in [0.1, 0.15) is 40.7 Å². The SMILES string of the molecule is C=CCC[C@@H](COC)S(=O)(=O)C1CCc2ccccc2C12CNc1cc(C(N)=O)ccc1OC2. The minimum atomic E-state index is -3.60. The first-order valence-electron chi connectivity index (χ1n) is 11.5. The van der Waals surface area contributed by atoms with Gasteiger partial charge >= 0.3 is 0 Å². The highest BCUT2D eigenvalue weighted by Gasteiger charge is 2.53. The molecule has 7 nitrogen and oxygen atoms in total. The Labute approximate surface area is 201 Å². The number of carbonyl (C=O) groups excluding carboxylic acids is 1. The van der Waals surface area contributed by atoms with E-state index in [2.05, 4.69) is 18.0 Å². The van der Waals surface area contributed by atoms with Crippen LogP contribution in [-0.2, 0) is 26.4 Å². The van der Waals surface area contributed by atoms with E-state index < -0.39 is 31.7 Å². The first-order valence-corrected chi connectivity index (χ1v) is 13.2. The summed E-state index contributed by atoms with van der Waals surface area (Å²) in [6.07, 6.45) is 3.99. The van der Waals surface area contributed by atoms with Gasteiger partial charge in [-0.05, 0) is 55.0 Å². The van der Waals surface area contributed by atoms with Crippen LogP contribution in [0.3, 0.4) is 0 Å². The summed E-state index contributed by atoms with van der Waals surface area (Å²) < 4.78 is 39.9. The highest BCUT2D eigenvalue weighted by molar-refractivity contribution is 7.92. The lowest BCUT2D eigenvalue weighted by Crippen LogP contribution is -2.57. The van der Waals surface area contributed by atoms with Crippen LogP contribution >= 0.6 is 0 Å². The maximum Gasteiger partial charge on any atom is 0.248 e. The molecule has 8 heteroatoms. The molecule has 2 aliphatic rings. The van der Waals surface area contributed by atoms with E-state index in [9.17, 15) is 13.2 Å². The predicted molar refractivity (Wildman–Crippen MR) is 133 cm³/mol. The molecule has 182 valence electrons. The van der Waals surface area contributed by atoms with Gasteiger partial charge in [0.15, 0.2) is 9.84 Å². The molecule has 1 aliphatic heterocycles. The Balaban J connectivity index is 1.79. The van der Waals surface area contributed by atoms with Gasteiger partial charge in [-0.15, -0.1) is 6.58 Å². The molecule has 0 bridgehead atoms. The molecule has 1 spiro atoms. The number of rotatable bonds is 8. The maximum atomic E-state index is 14.1. The molecular weight excluding hydrogens is 452 g/mol. The van der Waals surface area contributed by atoms with Crippen molar-refractivity contribution in [3.8, 4) is 5.75 Å². The number of sulfone groups is 1. The number of anilines is 1. The molecule has 4 rings (SSSR count). The summed E-state index contributed by atoms with van der Waals surface area (Å²) in [6.45, 7) is 4.45. The fourth-order valence-corrected chi connectivity index (χ4v) is 7.95. The zero-order chi connectivity index (χ0) is 24.3. The first-order chi connectivity index (χ1) is 16.3. The normalized spacial score (nSPS) is 22.4. The fraction of sp³-hybridized carbons (Fsp3) is 0.423. The summed E-state index contributed by atoms with van der Waals surface area (Å²) >= 11 is 0. The Morgan fingerprint density at radius 1 is 1.35 bits per heavy atom. The van der Waals surface area contributed by atoms with E-state index in [-0.39, 0.29) is 13.2 Å². The monoisotopic (exact) mass is 484 g/mol. The van der Waals surface area contributed by atoms with Crippen molar-refractivity contribution in [1.82, 2.24) is 0 Å². The van der Waals surface area contributed by atoms with Crippen LogP contribution in [0.2, 0.25) is 0 Å². The van der Waals surface area contributed by atoms with Gasteiger partial charge in [-0.2, -0.15) is 0 Å². The molecule has 2 aromatic carbocycles. The number of hydrogen-bond donors (Lipinski definition) is 2. The highest BCUT2D eigenvalue weighted by Crippen LogP contribution is 2.45. The number of methoxy groups -OCH3 is 1. The lowest BCUT2D eigenvalue weighted by molar-refractivity contribution is 0.1000. The Morgan fingerprint density at radius 2 is 2.15 bits per heavy atom.